The summed E-state index contributed by atoms with van der Waals surface area (Å²) in [6, 6.07) is 14.9. The summed E-state index contributed by atoms with van der Waals surface area (Å²) in [6.45, 7) is 0. The van der Waals surface area contributed by atoms with Gasteiger partial charge >= 0.3 is 5.97 Å². The van der Waals surface area contributed by atoms with Crippen LogP contribution in [0.1, 0.15) is 17.0 Å². The van der Waals surface area contributed by atoms with Crippen molar-refractivity contribution in [2.45, 2.75) is 18.0 Å². The Morgan fingerprint density at radius 2 is 1.89 bits per heavy atom. The second-order valence-electron chi connectivity index (χ2n) is 6.68. The second-order valence-corrected chi connectivity index (χ2v) is 6.68. The van der Waals surface area contributed by atoms with Crippen LogP contribution < -0.4 is 4.90 Å². The third-order valence-corrected chi connectivity index (χ3v) is 5.38. The molecule has 3 unspecified atom stereocenters. The number of carbonyl (C=O) groups is 1. The first-order chi connectivity index (χ1) is 13.0. The standard InChI is InChI=1S/C21H14FN3O2/c22-15-6-3-5-14(10-15)18-19(20(26)27)25-16-7-2-1-4-13(16)8-9-17(25)21(18,11-23)12-24/h1-10,17-19H,(H,26,27). The molecule has 132 valence electrons. The Morgan fingerprint density at radius 1 is 1.15 bits per heavy atom. The number of benzene rings is 2. The second kappa shape index (κ2) is 5.96. The van der Waals surface area contributed by atoms with Crippen molar-refractivity contribution in [3.05, 3.63) is 71.6 Å². The summed E-state index contributed by atoms with van der Waals surface area (Å²) in [6.07, 6.45) is 3.50. The van der Waals surface area contributed by atoms with Crippen molar-refractivity contribution < 1.29 is 14.3 Å². The Bertz CT molecular complexity index is 1040. The highest BCUT2D eigenvalue weighted by molar-refractivity contribution is 5.87. The van der Waals surface area contributed by atoms with E-state index in [0.717, 1.165) is 5.56 Å². The number of anilines is 1. The van der Waals surface area contributed by atoms with Gasteiger partial charge in [0.15, 0.2) is 5.41 Å². The number of nitrogens with zero attached hydrogens (tertiary/aromatic N) is 3. The quantitative estimate of drug-likeness (QED) is 0.889. The molecular formula is C21H14FN3O2. The number of aliphatic carboxylic acids is 1. The monoisotopic (exact) mass is 359 g/mol. The average molecular weight is 359 g/mol. The van der Waals surface area contributed by atoms with Crippen molar-refractivity contribution in [3.8, 4) is 12.1 Å². The molecule has 0 radical (unpaired) electrons. The number of hydrogen-bond donors (Lipinski definition) is 1. The van der Waals surface area contributed by atoms with Gasteiger partial charge in [-0.15, -0.1) is 0 Å². The van der Waals surface area contributed by atoms with Gasteiger partial charge in [-0.3, -0.25) is 0 Å². The Balaban J connectivity index is 2.01. The van der Waals surface area contributed by atoms with Crippen LogP contribution in [0.5, 0.6) is 0 Å². The highest BCUT2D eigenvalue weighted by atomic mass is 19.1. The molecule has 0 saturated carbocycles. The van der Waals surface area contributed by atoms with E-state index in [-0.39, 0.29) is 0 Å². The van der Waals surface area contributed by atoms with E-state index < -0.39 is 35.2 Å². The Kier molecular flexibility index (Phi) is 3.71. The molecule has 2 aromatic carbocycles. The Morgan fingerprint density at radius 3 is 2.56 bits per heavy atom. The number of carboxylic acids is 1. The number of halogens is 1. The molecule has 27 heavy (non-hydrogen) atoms. The largest absolute Gasteiger partial charge is 0.480 e. The van der Waals surface area contributed by atoms with E-state index >= 15 is 0 Å². The van der Waals surface area contributed by atoms with Crippen LogP contribution >= 0.6 is 0 Å². The van der Waals surface area contributed by atoms with Crippen LogP contribution in [0.25, 0.3) is 6.08 Å². The first-order valence-electron chi connectivity index (χ1n) is 8.40. The zero-order valence-electron chi connectivity index (χ0n) is 14.1. The average Bonchev–Trinajstić information content (AvgIpc) is 2.99. The smallest absolute Gasteiger partial charge is 0.327 e. The van der Waals surface area contributed by atoms with Gasteiger partial charge in [0, 0.05) is 11.6 Å². The summed E-state index contributed by atoms with van der Waals surface area (Å²) in [4.78, 5) is 13.9. The minimum Gasteiger partial charge on any atom is -0.480 e. The fourth-order valence-corrected chi connectivity index (χ4v) is 4.29. The lowest BCUT2D eigenvalue weighted by atomic mass is 9.70. The van der Waals surface area contributed by atoms with Gasteiger partial charge in [0.2, 0.25) is 0 Å². The molecule has 2 heterocycles. The number of rotatable bonds is 2. The number of fused-ring (bicyclic) bond motifs is 3. The summed E-state index contributed by atoms with van der Waals surface area (Å²) in [5, 5.41) is 30.0. The van der Waals surface area contributed by atoms with Gasteiger partial charge in [0.05, 0.1) is 18.2 Å². The van der Waals surface area contributed by atoms with E-state index in [0.29, 0.717) is 11.3 Å². The minimum absolute atomic E-state index is 0.325. The molecule has 2 aliphatic rings. The predicted molar refractivity (Wildman–Crippen MR) is 96.0 cm³/mol. The molecule has 0 amide bonds. The first-order valence-corrected chi connectivity index (χ1v) is 8.40. The maximum atomic E-state index is 13.9. The summed E-state index contributed by atoms with van der Waals surface area (Å²) in [7, 11) is 0. The van der Waals surface area contributed by atoms with Crippen LogP contribution in [0.3, 0.4) is 0 Å². The molecule has 0 bridgehead atoms. The van der Waals surface area contributed by atoms with Crippen LogP contribution in [0.4, 0.5) is 10.1 Å². The van der Waals surface area contributed by atoms with E-state index in [1.165, 1.54) is 18.2 Å². The molecule has 0 aromatic heterocycles. The van der Waals surface area contributed by atoms with Crippen LogP contribution in [0, 0.1) is 33.9 Å². The van der Waals surface area contributed by atoms with Gasteiger partial charge in [-0.25, -0.2) is 9.18 Å². The molecular weight excluding hydrogens is 345 g/mol. The maximum Gasteiger partial charge on any atom is 0.327 e. The maximum absolute atomic E-state index is 13.9. The summed E-state index contributed by atoms with van der Waals surface area (Å²) in [5.41, 5.74) is 0.113. The molecule has 3 atom stereocenters. The van der Waals surface area contributed by atoms with Crippen LogP contribution in [-0.2, 0) is 4.79 Å². The third-order valence-electron chi connectivity index (χ3n) is 5.38. The van der Waals surface area contributed by atoms with Crippen LogP contribution in [0.2, 0.25) is 0 Å². The first kappa shape index (κ1) is 16.8. The van der Waals surface area contributed by atoms with E-state index in [1.54, 1.807) is 35.3 Å². The van der Waals surface area contributed by atoms with Crippen LogP contribution in [-0.4, -0.2) is 23.2 Å². The number of carboxylic acid groups (broad SMARTS) is 1. The SMILES string of the molecule is N#CC1(C#N)C(c2cccc(F)c2)C(C(=O)O)N2c3ccccc3C=CC21. The summed E-state index contributed by atoms with van der Waals surface area (Å²) < 4.78 is 13.9. The van der Waals surface area contributed by atoms with Gasteiger partial charge in [-0.1, -0.05) is 42.5 Å². The molecule has 5 nitrogen and oxygen atoms in total. The van der Waals surface area contributed by atoms with Crippen molar-refractivity contribution in [2.75, 3.05) is 4.90 Å². The molecule has 2 aliphatic heterocycles. The molecule has 0 spiro atoms. The topological polar surface area (TPSA) is 88.1 Å². The lowest BCUT2D eigenvalue weighted by Crippen LogP contribution is -2.44. The number of hydrogen-bond acceptors (Lipinski definition) is 4. The van der Waals surface area contributed by atoms with Gasteiger partial charge in [0.25, 0.3) is 0 Å². The fourth-order valence-electron chi connectivity index (χ4n) is 4.29. The van der Waals surface area contributed by atoms with Gasteiger partial charge < -0.3 is 10.0 Å². The molecule has 1 N–H and O–H groups in total. The van der Waals surface area contributed by atoms with Crippen LogP contribution in [0.15, 0.2) is 54.6 Å². The lowest BCUT2D eigenvalue weighted by Gasteiger charge is -2.34. The van der Waals surface area contributed by atoms with Crippen molar-refractivity contribution >= 4 is 17.7 Å². The fraction of sp³-hybridized carbons (Fsp3) is 0.190. The molecule has 4 rings (SSSR count). The van der Waals surface area contributed by atoms with Gasteiger partial charge in [-0.05, 0) is 29.3 Å². The van der Waals surface area contributed by atoms with Crippen molar-refractivity contribution in [1.82, 2.24) is 0 Å². The van der Waals surface area contributed by atoms with E-state index in [1.807, 2.05) is 12.1 Å². The predicted octanol–water partition coefficient (Wildman–Crippen LogP) is 3.31. The number of nitriles is 2. The summed E-state index contributed by atoms with van der Waals surface area (Å²) >= 11 is 0. The summed E-state index contributed by atoms with van der Waals surface area (Å²) in [5.74, 6) is -2.71. The highest BCUT2D eigenvalue weighted by Crippen LogP contribution is 2.54. The highest BCUT2D eigenvalue weighted by Gasteiger charge is 2.63. The number of para-hydroxylation sites is 1. The Hall–Kier alpha value is -3.64. The third kappa shape index (κ3) is 2.24. The lowest BCUT2D eigenvalue weighted by molar-refractivity contribution is -0.138. The molecule has 6 heteroatoms. The minimum atomic E-state index is -1.67. The van der Waals surface area contributed by atoms with Crippen molar-refractivity contribution in [2.24, 2.45) is 5.41 Å². The molecule has 1 saturated heterocycles. The van der Waals surface area contributed by atoms with E-state index in [9.17, 15) is 24.8 Å². The van der Waals surface area contributed by atoms with E-state index in [2.05, 4.69) is 12.1 Å². The van der Waals surface area contributed by atoms with Crippen molar-refractivity contribution in [3.63, 3.8) is 0 Å². The zero-order chi connectivity index (χ0) is 19.2. The normalized spacial score (nSPS) is 24.4. The van der Waals surface area contributed by atoms with Gasteiger partial charge in [-0.2, -0.15) is 10.5 Å². The Labute approximate surface area is 155 Å². The van der Waals surface area contributed by atoms with Gasteiger partial charge in [0.1, 0.15) is 11.9 Å². The van der Waals surface area contributed by atoms with E-state index in [4.69, 9.17) is 0 Å². The zero-order valence-corrected chi connectivity index (χ0v) is 14.1. The molecule has 1 fully saturated rings. The van der Waals surface area contributed by atoms with Crippen molar-refractivity contribution in [1.29, 1.82) is 10.5 Å². The molecule has 0 aliphatic carbocycles. The molecule has 2 aromatic rings.